The maximum atomic E-state index is 4.40. The number of hydrogen-bond acceptors (Lipinski definition) is 0. The van der Waals surface area contributed by atoms with E-state index in [0.29, 0.717) is 0 Å². The van der Waals surface area contributed by atoms with Crippen LogP contribution < -0.4 is 0 Å². The first-order valence-corrected chi connectivity index (χ1v) is 2.10. The Morgan fingerprint density at radius 2 is 1.67 bits per heavy atom. The standard InChI is InChI=1S/C4H4N.Ni/c1-2-4-5-3-1;/h1-4H;/q-1;+1. The normalized spacial score (nSPS) is 9.00. The molecule has 6 heavy (non-hydrogen) atoms. The fraction of sp³-hybridized carbons (Fsp3) is 0. The van der Waals surface area contributed by atoms with Gasteiger partial charge >= 0.3 is 43.9 Å². The molecular formula is C4H4NNi. The topological polar surface area (TPSA) is 4.93 Å². The van der Waals surface area contributed by atoms with Crippen molar-refractivity contribution in [2.45, 2.75) is 0 Å². The summed E-state index contributed by atoms with van der Waals surface area (Å²) in [7, 11) is 0. The zero-order valence-corrected chi connectivity index (χ0v) is 4.06. The van der Waals surface area contributed by atoms with Crippen LogP contribution in [0.15, 0.2) is 24.5 Å². The molecule has 0 N–H and O–H groups in total. The van der Waals surface area contributed by atoms with E-state index in [0.717, 1.165) is 0 Å². The molecule has 1 aromatic rings. The summed E-state index contributed by atoms with van der Waals surface area (Å²) >= 11 is 4.40. The number of nitrogens with zero attached hydrogens (tertiary/aromatic N) is 1. The average molecular weight is 125 g/mol. The Kier molecular flexibility index (Phi) is 0.975. The van der Waals surface area contributed by atoms with Gasteiger partial charge < -0.3 is 0 Å². The molecule has 0 aromatic carbocycles. The third kappa shape index (κ3) is 0.633. The van der Waals surface area contributed by atoms with E-state index in [-0.39, 0.29) is 0 Å². The fourth-order valence-corrected chi connectivity index (χ4v) is 0.473. The minimum atomic E-state index is 1.62. The molecule has 0 aliphatic carbocycles. The molecule has 0 bridgehead atoms. The predicted molar refractivity (Wildman–Crippen MR) is 19.8 cm³/mol. The second-order valence-corrected chi connectivity index (χ2v) is 1.51. The van der Waals surface area contributed by atoms with Crippen molar-refractivity contribution in [3.63, 3.8) is 0 Å². The van der Waals surface area contributed by atoms with Crippen LogP contribution in [0, 0.1) is 0 Å². The van der Waals surface area contributed by atoms with Crippen LogP contribution in [0.3, 0.4) is 0 Å². The second kappa shape index (κ2) is 1.48. The third-order valence-electron chi connectivity index (χ3n) is 0.550. The third-order valence-corrected chi connectivity index (χ3v) is 0.844. The van der Waals surface area contributed by atoms with Crippen molar-refractivity contribution < 1.29 is 15.7 Å². The van der Waals surface area contributed by atoms with Gasteiger partial charge in [-0.15, -0.1) is 0 Å². The number of hydrogen-bond donors (Lipinski definition) is 0. The van der Waals surface area contributed by atoms with E-state index in [1.165, 1.54) is 0 Å². The van der Waals surface area contributed by atoms with Crippen LogP contribution in [0.5, 0.6) is 0 Å². The van der Waals surface area contributed by atoms with E-state index >= 15 is 0 Å². The van der Waals surface area contributed by atoms with Crippen molar-refractivity contribution in [2.75, 3.05) is 0 Å². The summed E-state index contributed by atoms with van der Waals surface area (Å²) in [4.78, 5) is 0. The minimum absolute atomic E-state index is 1.62. The molecule has 0 spiro atoms. The van der Waals surface area contributed by atoms with Gasteiger partial charge in [0.05, 0.1) is 0 Å². The maximum absolute atomic E-state index is 4.40. The van der Waals surface area contributed by atoms with E-state index in [9.17, 15) is 0 Å². The second-order valence-electron chi connectivity index (χ2n) is 0.995. The molecule has 0 aliphatic heterocycles. The van der Waals surface area contributed by atoms with Crippen molar-refractivity contribution in [2.24, 2.45) is 0 Å². The Balaban J connectivity index is 3.05. The molecule has 0 saturated carbocycles. The first-order valence-electron chi connectivity index (χ1n) is 1.66. The summed E-state index contributed by atoms with van der Waals surface area (Å²) in [5.74, 6) is 0. The summed E-state index contributed by atoms with van der Waals surface area (Å²) in [6.07, 6.45) is 3.67. The van der Waals surface area contributed by atoms with E-state index in [2.05, 4.69) is 15.7 Å². The first kappa shape index (κ1) is 3.95. The van der Waals surface area contributed by atoms with Gasteiger partial charge in [0, 0.05) is 0 Å². The van der Waals surface area contributed by atoms with Gasteiger partial charge in [-0.2, -0.15) is 0 Å². The zero-order chi connectivity index (χ0) is 4.41. The first-order chi connectivity index (χ1) is 2.89. The molecule has 1 nitrogen and oxygen atoms in total. The molecule has 0 unspecified atom stereocenters. The van der Waals surface area contributed by atoms with E-state index in [1.54, 1.807) is 3.65 Å². The fourth-order valence-electron chi connectivity index (χ4n) is 0.303. The van der Waals surface area contributed by atoms with Crippen LogP contribution in [-0.2, 0) is 15.7 Å². The number of aromatic nitrogens is 1. The van der Waals surface area contributed by atoms with Gasteiger partial charge in [0.2, 0.25) is 0 Å². The van der Waals surface area contributed by atoms with Crippen LogP contribution >= 0.6 is 0 Å². The molecule has 2 heteroatoms. The molecular weight excluding hydrogens is 121 g/mol. The molecule has 1 heterocycles. The predicted octanol–water partition coefficient (Wildman–Crippen LogP) is 0.798. The summed E-state index contributed by atoms with van der Waals surface area (Å²) in [6, 6.07) is 3.81. The van der Waals surface area contributed by atoms with Crippen molar-refractivity contribution in [1.29, 1.82) is 0 Å². The molecule has 0 saturated heterocycles. The molecule has 0 fully saturated rings. The van der Waals surface area contributed by atoms with Crippen LogP contribution in [0.4, 0.5) is 0 Å². The van der Waals surface area contributed by atoms with Crippen LogP contribution in [0.2, 0.25) is 0 Å². The van der Waals surface area contributed by atoms with Gasteiger partial charge in [-0.3, -0.25) is 0 Å². The van der Waals surface area contributed by atoms with E-state index < -0.39 is 0 Å². The Morgan fingerprint density at radius 3 is 1.83 bits per heavy atom. The average Bonchev–Trinajstić information content (AvgIpc) is 1.86. The summed E-state index contributed by atoms with van der Waals surface area (Å²) in [5, 5.41) is 0. The van der Waals surface area contributed by atoms with Crippen molar-refractivity contribution in [1.82, 2.24) is 3.65 Å². The monoisotopic (exact) mass is 124 g/mol. The molecule has 1 aromatic heterocycles. The van der Waals surface area contributed by atoms with Crippen molar-refractivity contribution in [3.8, 4) is 0 Å². The zero-order valence-electron chi connectivity index (χ0n) is 3.07. The van der Waals surface area contributed by atoms with Gasteiger partial charge in [0.1, 0.15) is 0 Å². The van der Waals surface area contributed by atoms with Crippen molar-refractivity contribution in [3.05, 3.63) is 24.5 Å². The summed E-state index contributed by atoms with van der Waals surface area (Å²) in [5.41, 5.74) is 0. The van der Waals surface area contributed by atoms with Crippen molar-refractivity contribution >= 4 is 0 Å². The Morgan fingerprint density at radius 1 is 1.17 bits per heavy atom. The Hall–Kier alpha value is -0.226. The van der Waals surface area contributed by atoms with Gasteiger partial charge in [0.25, 0.3) is 0 Å². The molecule has 0 aliphatic rings. The van der Waals surface area contributed by atoms with Crippen LogP contribution in [0.25, 0.3) is 0 Å². The van der Waals surface area contributed by atoms with Gasteiger partial charge in [-0.1, -0.05) is 0 Å². The van der Waals surface area contributed by atoms with Crippen LogP contribution in [-0.4, -0.2) is 3.65 Å². The quantitative estimate of drug-likeness (QED) is 0.451. The van der Waals surface area contributed by atoms with Gasteiger partial charge in [0.15, 0.2) is 0 Å². The van der Waals surface area contributed by atoms with E-state index in [4.69, 9.17) is 0 Å². The van der Waals surface area contributed by atoms with Crippen LogP contribution in [0.1, 0.15) is 0 Å². The van der Waals surface area contributed by atoms with E-state index in [1.807, 2.05) is 24.5 Å². The van der Waals surface area contributed by atoms with Gasteiger partial charge in [-0.25, -0.2) is 0 Å². The molecule has 0 radical (unpaired) electrons. The number of rotatable bonds is 0. The Labute approximate surface area is 44.5 Å². The molecule has 35 valence electrons. The SMILES string of the molecule is [Ni][n]1cccc1. The molecule has 1 rings (SSSR count). The Bertz CT molecular complexity index is 111. The molecule has 0 amide bonds. The summed E-state index contributed by atoms with van der Waals surface area (Å²) < 4.78 is 1.62. The molecule has 0 atom stereocenters. The van der Waals surface area contributed by atoms with Gasteiger partial charge in [-0.05, 0) is 0 Å². The summed E-state index contributed by atoms with van der Waals surface area (Å²) in [6.45, 7) is 0.